The molecule has 0 bridgehead atoms. The Morgan fingerprint density at radius 1 is 1.00 bits per heavy atom. The molecule has 5 rings (SSSR count). The summed E-state index contributed by atoms with van der Waals surface area (Å²) in [6, 6.07) is 18.4. The first kappa shape index (κ1) is 33.2. The zero-order valence-electron chi connectivity index (χ0n) is 24.1. The van der Waals surface area contributed by atoms with Crippen LogP contribution >= 0.6 is 46.1 Å². The number of nitrogens with zero attached hydrogens (tertiary/aromatic N) is 1. The van der Waals surface area contributed by atoms with Gasteiger partial charge in [-0.25, -0.2) is 4.39 Å². The van der Waals surface area contributed by atoms with E-state index in [4.69, 9.17) is 45.3 Å². The van der Waals surface area contributed by atoms with Crippen molar-refractivity contribution in [2.75, 3.05) is 26.3 Å². The van der Waals surface area contributed by atoms with Gasteiger partial charge < -0.3 is 20.5 Å². The van der Waals surface area contributed by atoms with Gasteiger partial charge in [0.1, 0.15) is 16.2 Å². The van der Waals surface area contributed by atoms with E-state index in [9.17, 15) is 19.1 Å². The van der Waals surface area contributed by atoms with E-state index in [0.29, 0.717) is 67.5 Å². The molecule has 4 aromatic rings. The minimum atomic E-state index is -1.03. The summed E-state index contributed by atoms with van der Waals surface area (Å²) in [5.74, 6) is -0.736. The van der Waals surface area contributed by atoms with Gasteiger partial charge >= 0.3 is 0 Å². The Labute approximate surface area is 279 Å². The number of aliphatic hydroxyl groups excluding tert-OH is 1. The van der Waals surface area contributed by atoms with Gasteiger partial charge in [-0.3, -0.25) is 14.9 Å². The lowest BCUT2D eigenvalue weighted by molar-refractivity contribution is -0.126. The zero-order valence-corrected chi connectivity index (χ0v) is 27.2. The lowest BCUT2D eigenvalue weighted by atomic mass is 9.86. The molecule has 0 saturated carbocycles. The van der Waals surface area contributed by atoms with E-state index >= 15 is 0 Å². The predicted octanol–water partition coefficient (Wildman–Crippen LogP) is 7.19. The number of benzene rings is 3. The van der Waals surface area contributed by atoms with Gasteiger partial charge in [-0.2, -0.15) is 0 Å². The van der Waals surface area contributed by atoms with Crippen molar-refractivity contribution in [2.45, 2.75) is 31.3 Å². The van der Waals surface area contributed by atoms with E-state index in [0.717, 1.165) is 11.1 Å². The molecule has 0 spiro atoms. The average Bonchev–Trinajstić information content (AvgIpc) is 3.40. The fourth-order valence-electron chi connectivity index (χ4n) is 5.29. The zero-order chi connectivity index (χ0) is 32.1. The fraction of sp³-hybridized carbons (Fsp3) is 0.273. The highest BCUT2D eigenvalue weighted by Gasteiger charge is 2.41. The normalized spacial score (nSPS) is 14.4. The van der Waals surface area contributed by atoms with Gasteiger partial charge in [-0.1, -0.05) is 65.1 Å². The molecule has 1 aliphatic rings. The van der Waals surface area contributed by atoms with E-state index in [1.165, 1.54) is 23.5 Å². The van der Waals surface area contributed by atoms with Gasteiger partial charge in [0.2, 0.25) is 5.91 Å². The summed E-state index contributed by atoms with van der Waals surface area (Å²) < 4.78 is 19.6. The Bertz CT molecular complexity index is 1670. The number of rotatable bonds is 11. The Kier molecular flexibility index (Phi) is 10.7. The van der Waals surface area contributed by atoms with Crippen molar-refractivity contribution in [2.24, 2.45) is 5.73 Å². The number of amides is 2. The fourth-order valence-corrected chi connectivity index (χ4v) is 7.25. The van der Waals surface area contributed by atoms with Crippen molar-refractivity contribution in [1.29, 1.82) is 0 Å². The largest absolute Gasteiger partial charge is 0.491 e. The van der Waals surface area contributed by atoms with Crippen LogP contribution in [0.4, 0.5) is 4.39 Å². The number of primary amides is 1. The van der Waals surface area contributed by atoms with E-state index in [1.807, 2.05) is 12.1 Å². The number of halogens is 4. The van der Waals surface area contributed by atoms with Gasteiger partial charge in [-0.05, 0) is 60.4 Å². The van der Waals surface area contributed by atoms with Crippen molar-refractivity contribution >= 4 is 58.0 Å². The Balaban J connectivity index is 1.49. The molecule has 3 aromatic carbocycles. The summed E-state index contributed by atoms with van der Waals surface area (Å²) in [4.78, 5) is 29.7. The molecule has 7 nitrogen and oxygen atoms in total. The summed E-state index contributed by atoms with van der Waals surface area (Å²) in [5.41, 5.74) is 7.77. The first-order valence-corrected chi connectivity index (χ1v) is 16.3. The number of nitrogens with one attached hydrogen (secondary N) is 1. The highest BCUT2D eigenvalue weighted by molar-refractivity contribution is 7.18. The van der Waals surface area contributed by atoms with E-state index < -0.39 is 11.4 Å². The van der Waals surface area contributed by atoms with Crippen molar-refractivity contribution in [1.82, 2.24) is 10.2 Å². The Morgan fingerprint density at radius 2 is 1.67 bits per heavy atom. The first-order valence-electron chi connectivity index (χ1n) is 14.3. The summed E-state index contributed by atoms with van der Waals surface area (Å²) >= 11 is 20.3. The van der Waals surface area contributed by atoms with Gasteiger partial charge in [-0.15, -0.1) is 11.3 Å². The number of ether oxygens (including phenoxy) is 1. The van der Waals surface area contributed by atoms with Crippen molar-refractivity contribution < 1.29 is 23.8 Å². The number of carbonyl (C=O) groups excluding carboxylic acids is 2. The molecule has 236 valence electrons. The topological polar surface area (TPSA) is 105 Å². The minimum absolute atomic E-state index is 0.0776. The maximum absolute atomic E-state index is 14.2. The molecular weight excluding hydrogens is 660 g/mol. The first-order chi connectivity index (χ1) is 21.6. The van der Waals surface area contributed by atoms with Crippen molar-refractivity contribution in [3.05, 3.63) is 98.1 Å². The summed E-state index contributed by atoms with van der Waals surface area (Å²) in [6.45, 7) is 0.950. The van der Waals surface area contributed by atoms with Crippen molar-refractivity contribution in [3.8, 4) is 27.3 Å². The third-order valence-electron chi connectivity index (χ3n) is 7.84. The monoisotopic (exact) mass is 689 g/mol. The van der Waals surface area contributed by atoms with Gasteiger partial charge in [0.25, 0.3) is 5.91 Å². The van der Waals surface area contributed by atoms with E-state index in [2.05, 4.69) is 5.32 Å². The van der Waals surface area contributed by atoms with Crippen LogP contribution in [0.1, 0.15) is 34.5 Å². The molecule has 0 unspecified atom stereocenters. The molecule has 0 aliphatic carbocycles. The van der Waals surface area contributed by atoms with Crippen LogP contribution in [0.25, 0.3) is 21.6 Å². The molecule has 0 radical (unpaired) electrons. The summed E-state index contributed by atoms with van der Waals surface area (Å²) in [7, 11) is 0. The second-order valence-corrected chi connectivity index (χ2v) is 13.0. The highest BCUT2D eigenvalue weighted by Crippen LogP contribution is 2.50. The molecule has 1 aromatic heterocycles. The molecule has 0 atom stereocenters. The number of likely N-dealkylation sites (tertiary alicyclic amines) is 1. The molecule has 4 N–H and O–H groups in total. The number of aliphatic hydroxyl groups is 1. The maximum Gasteiger partial charge on any atom is 0.267 e. The lowest BCUT2D eigenvalue weighted by Crippen LogP contribution is -2.61. The van der Waals surface area contributed by atoms with Crippen LogP contribution in [-0.4, -0.2) is 53.7 Å². The molecule has 2 amide bonds. The lowest BCUT2D eigenvalue weighted by Gasteiger charge is -2.40. The number of nitrogens with two attached hydrogens (primary N) is 1. The molecule has 12 heteroatoms. The number of carbonyl (C=O) groups is 2. The average molecular weight is 691 g/mol. The van der Waals surface area contributed by atoms with Crippen LogP contribution in [0.2, 0.25) is 15.1 Å². The predicted molar refractivity (Wildman–Crippen MR) is 178 cm³/mol. The Morgan fingerprint density at radius 3 is 2.29 bits per heavy atom. The standard InChI is InChI=1S/C33H31Cl3FN3O4S/c34-22-6-4-21(5-7-22)27-28(44-17-1-16-41)30(45-29(27)25-11-8-23(35)18-26(25)36)31(42)40-14-12-33(13-15-40,32(38)43)39-19-20-2-9-24(37)10-3-20/h2-11,18,39,41H,1,12-17,19H2,(H2,38,43). The molecule has 2 heterocycles. The van der Waals surface area contributed by atoms with Gasteiger partial charge in [0.05, 0.1) is 11.6 Å². The Hall–Kier alpha value is -3.18. The van der Waals surface area contributed by atoms with Crippen LogP contribution in [0.5, 0.6) is 5.75 Å². The molecule has 45 heavy (non-hydrogen) atoms. The molecule has 1 fully saturated rings. The van der Waals surface area contributed by atoms with Crippen LogP contribution < -0.4 is 15.8 Å². The second-order valence-electron chi connectivity index (χ2n) is 10.7. The molecular formula is C33H31Cl3FN3O4S. The van der Waals surface area contributed by atoms with Crippen LogP contribution in [-0.2, 0) is 11.3 Å². The third-order valence-corrected chi connectivity index (χ3v) is 9.83. The van der Waals surface area contributed by atoms with Crippen LogP contribution in [0.3, 0.4) is 0 Å². The molecule has 1 aliphatic heterocycles. The summed E-state index contributed by atoms with van der Waals surface area (Å²) in [5, 5.41) is 14.2. The van der Waals surface area contributed by atoms with Gasteiger partial charge in [0.15, 0.2) is 5.75 Å². The van der Waals surface area contributed by atoms with Gasteiger partial charge in [0, 0.05) is 58.7 Å². The summed E-state index contributed by atoms with van der Waals surface area (Å²) in [6.07, 6.45) is 0.952. The number of thiophene rings is 1. The van der Waals surface area contributed by atoms with Crippen molar-refractivity contribution in [3.63, 3.8) is 0 Å². The maximum atomic E-state index is 14.2. The minimum Gasteiger partial charge on any atom is -0.491 e. The quantitative estimate of drug-likeness (QED) is 0.145. The smallest absolute Gasteiger partial charge is 0.267 e. The highest BCUT2D eigenvalue weighted by atomic mass is 35.5. The van der Waals surface area contributed by atoms with E-state index in [1.54, 1.807) is 47.4 Å². The number of piperidine rings is 1. The molecule has 1 saturated heterocycles. The number of hydrogen-bond donors (Lipinski definition) is 3. The van der Waals surface area contributed by atoms with E-state index in [-0.39, 0.29) is 38.0 Å². The second kappa shape index (κ2) is 14.5. The third kappa shape index (κ3) is 7.46. The van der Waals surface area contributed by atoms with Crippen LogP contribution in [0, 0.1) is 5.82 Å². The SMILES string of the molecule is NC(=O)C1(NCc2ccc(F)cc2)CCN(C(=O)c2sc(-c3ccc(Cl)cc3Cl)c(-c3ccc(Cl)cc3)c2OCCCO)CC1. The van der Waals surface area contributed by atoms with Crippen LogP contribution in [0.15, 0.2) is 66.7 Å². The number of hydrogen-bond acceptors (Lipinski definition) is 6.